The highest BCUT2D eigenvalue weighted by molar-refractivity contribution is 5.87. The van der Waals surface area contributed by atoms with Gasteiger partial charge in [0.15, 0.2) is 13.2 Å². The van der Waals surface area contributed by atoms with Crippen LogP contribution >= 0.6 is 0 Å². The lowest BCUT2D eigenvalue weighted by Gasteiger charge is -2.29. The predicted octanol–water partition coefficient (Wildman–Crippen LogP) is 9.14. The van der Waals surface area contributed by atoms with Crippen molar-refractivity contribution in [3.05, 3.63) is 24.3 Å². The van der Waals surface area contributed by atoms with Crippen molar-refractivity contribution in [1.82, 2.24) is 0 Å². The Balaban J connectivity index is 0. The molecule has 22 heteroatoms. The Morgan fingerprint density at radius 3 is 0.957 bits per heavy atom. The smallest absolute Gasteiger partial charge is 0.333 e. The molecule has 0 amide bonds. The zero-order valence-corrected chi connectivity index (χ0v) is 23.5. The summed E-state index contributed by atoms with van der Waals surface area (Å²) >= 11 is 0. The molecule has 4 nitrogen and oxygen atoms in total. The Hall–Kier alpha value is -2.84. The molecule has 0 aromatic rings. The first-order valence-electron chi connectivity index (χ1n) is 11.9. The molecule has 0 aliphatic heterocycles. The number of carbonyl (C=O) groups is 2. The fourth-order valence-corrected chi connectivity index (χ4v) is 2.86. The van der Waals surface area contributed by atoms with E-state index in [9.17, 15) is 88.6 Å². The fourth-order valence-electron chi connectivity index (χ4n) is 2.86. The van der Waals surface area contributed by atoms with Crippen LogP contribution in [-0.4, -0.2) is 79.5 Å². The summed E-state index contributed by atoms with van der Waals surface area (Å²) in [6, 6.07) is 0. The van der Waals surface area contributed by atoms with E-state index in [1.165, 1.54) is 0 Å². The van der Waals surface area contributed by atoms with Crippen molar-refractivity contribution < 1.29 is 98.1 Å². The fraction of sp³-hybridized carbons (Fsp3) is 0.750. The highest BCUT2D eigenvalue weighted by atomic mass is 19.3. The highest BCUT2D eigenvalue weighted by Gasteiger charge is 2.57. The topological polar surface area (TPSA) is 52.6 Å². The summed E-state index contributed by atoms with van der Waals surface area (Å²) in [6.45, 7) is 4.64. The second-order valence-corrected chi connectivity index (χ2v) is 10.0. The van der Waals surface area contributed by atoms with Crippen LogP contribution in [0.5, 0.6) is 0 Å². The van der Waals surface area contributed by atoms with Gasteiger partial charge in [-0.3, -0.25) is 0 Å². The maximum atomic E-state index is 13.5. The maximum Gasteiger partial charge on any atom is 0.333 e. The molecule has 0 rings (SSSR count). The molecular weight excluding hydrogens is 694 g/mol. The summed E-state index contributed by atoms with van der Waals surface area (Å²) in [5.74, 6) is -36.9. The van der Waals surface area contributed by atoms with E-state index in [4.69, 9.17) is 0 Å². The van der Waals surface area contributed by atoms with Gasteiger partial charge < -0.3 is 9.47 Å². The molecule has 0 aliphatic carbocycles. The average Bonchev–Trinajstić information content (AvgIpc) is 2.77. The van der Waals surface area contributed by atoms with E-state index < -0.39 is 112 Å². The van der Waals surface area contributed by atoms with Crippen molar-refractivity contribution in [3.8, 4) is 0 Å². The van der Waals surface area contributed by atoms with E-state index in [1.807, 2.05) is 0 Å². The number of carbonyl (C=O) groups excluding carboxylic acids is 2. The second kappa shape index (κ2) is 16.3. The SMILES string of the molecule is C=C(C)C(=O)OCC(F)(F)CC(F)(F)C(F)F.C=C(C)C(=O)OCC(F)(F)CC(F)(F)CC(F)(F)CC(F)(F)CC(F)(F)C(F)F. The van der Waals surface area contributed by atoms with Crippen LogP contribution < -0.4 is 0 Å². The number of halogens is 18. The molecule has 0 unspecified atom stereocenters. The van der Waals surface area contributed by atoms with Crippen LogP contribution in [0.4, 0.5) is 79.0 Å². The Labute approximate surface area is 248 Å². The summed E-state index contributed by atoms with van der Waals surface area (Å²) in [4.78, 5) is 21.6. The van der Waals surface area contributed by atoms with E-state index >= 15 is 0 Å². The van der Waals surface area contributed by atoms with Gasteiger partial charge >= 0.3 is 36.6 Å². The minimum Gasteiger partial charge on any atom is -0.456 e. The van der Waals surface area contributed by atoms with Gasteiger partial charge in [-0.1, -0.05) is 13.2 Å². The maximum absolute atomic E-state index is 13.5. The molecule has 46 heavy (non-hydrogen) atoms. The summed E-state index contributed by atoms with van der Waals surface area (Å²) in [7, 11) is 0. The lowest BCUT2D eigenvalue weighted by molar-refractivity contribution is -0.214. The van der Waals surface area contributed by atoms with E-state index in [0.29, 0.717) is 0 Å². The van der Waals surface area contributed by atoms with Crippen molar-refractivity contribution in [2.45, 2.75) is 100 Å². The van der Waals surface area contributed by atoms with Crippen molar-refractivity contribution >= 4 is 11.9 Å². The van der Waals surface area contributed by atoms with Gasteiger partial charge in [0.2, 0.25) is 0 Å². The van der Waals surface area contributed by atoms with Crippen LogP contribution in [0.1, 0.15) is 46.0 Å². The molecule has 272 valence electrons. The molecule has 0 aromatic heterocycles. The molecule has 0 spiro atoms. The predicted molar refractivity (Wildman–Crippen MR) is 121 cm³/mol. The quantitative estimate of drug-likeness (QED) is 0.0806. The van der Waals surface area contributed by atoms with E-state index in [2.05, 4.69) is 22.6 Å². The summed E-state index contributed by atoms with van der Waals surface area (Å²) in [6.07, 6.45) is -22.8. The van der Waals surface area contributed by atoms with E-state index in [-0.39, 0.29) is 11.1 Å². The number of esters is 2. The van der Waals surface area contributed by atoms with Crippen LogP contribution in [0.15, 0.2) is 24.3 Å². The minimum absolute atomic E-state index is 0.207. The molecule has 0 radical (unpaired) electrons. The first kappa shape index (κ1) is 45.3. The molecule has 0 atom stereocenters. The highest BCUT2D eigenvalue weighted by Crippen LogP contribution is 2.46. The third kappa shape index (κ3) is 19.0. The van der Waals surface area contributed by atoms with Gasteiger partial charge in [0.25, 0.3) is 29.6 Å². The van der Waals surface area contributed by atoms with Crippen LogP contribution in [0.2, 0.25) is 0 Å². The molecule has 0 saturated heterocycles. The molecule has 0 aromatic carbocycles. The van der Waals surface area contributed by atoms with Crippen LogP contribution in [-0.2, 0) is 19.1 Å². The Morgan fingerprint density at radius 2 is 0.696 bits per heavy atom. The third-order valence-electron chi connectivity index (χ3n) is 4.70. The lowest BCUT2D eigenvalue weighted by Crippen LogP contribution is -2.42. The summed E-state index contributed by atoms with van der Waals surface area (Å²) < 4.78 is 238. The van der Waals surface area contributed by atoms with Crippen LogP contribution in [0.25, 0.3) is 0 Å². The summed E-state index contributed by atoms with van der Waals surface area (Å²) in [5.41, 5.74) is -0.580. The van der Waals surface area contributed by atoms with E-state index in [0.717, 1.165) is 13.8 Å². The van der Waals surface area contributed by atoms with Gasteiger partial charge in [0, 0.05) is 11.1 Å². The van der Waals surface area contributed by atoms with Crippen LogP contribution in [0, 0.1) is 0 Å². The van der Waals surface area contributed by atoms with Gasteiger partial charge in [-0.05, 0) is 13.8 Å². The number of hydrogen-bond donors (Lipinski definition) is 0. The average molecular weight is 720 g/mol. The zero-order valence-electron chi connectivity index (χ0n) is 23.5. The third-order valence-corrected chi connectivity index (χ3v) is 4.70. The standard InChI is InChI=1S/C15H16F12O2.C9H10F6O2/c1-8(2)9(28)29-7-14(24,25)5-12(20,21)3-11(18,19)4-13(22,23)6-15(26,27)10(16)17;1-5(2)6(16)17-4-8(12,13)3-9(14,15)7(10)11/h10H,1,3-7H2,2H3;7H,1,3-4H2,2H3. The molecular formula is C24H26F18O4. The molecule has 0 saturated carbocycles. The second-order valence-electron chi connectivity index (χ2n) is 10.0. The normalized spacial score (nSPS) is 13.7. The zero-order chi connectivity index (χ0) is 37.3. The van der Waals surface area contributed by atoms with E-state index in [1.54, 1.807) is 0 Å². The lowest BCUT2D eigenvalue weighted by atomic mass is 9.96. The van der Waals surface area contributed by atoms with Gasteiger partial charge in [0.1, 0.15) is 0 Å². The van der Waals surface area contributed by atoms with Crippen molar-refractivity contribution in [2.75, 3.05) is 13.2 Å². The first-order chi connectivity index (χ1) is 20.1. The van der Waals surface area contributed by atoms with Gasteiger partial charge in [-0.15, -0.1) is 0 Å². The molecule has 0 heterocycles. The molecule has 0 aliphatic rings. The van der Waals surface area contributed by atoms with Crippen molar-refractivity contribution in [3.63, 3.8) is 0 Å². The van der Waals surface area contributed by atoms with Gasteiger partial charge in [0.05, 0.1) is 32.1 Å². The number of alkyl halides is 18. The monoisotopic (exact) mass is 720 g/mol. The van der Waals surface area contributed by atoms with Crippen molar-refractivity contribution in [1.29, 1.82) is 0 Å². The Kier molecular flexibility index (Phi) is 16.1. The molecule has 0 fully saturated rings. The first-order valence-corrected chi connectivity index (χ1v) is 11.9. The van der Waals surface area contributed by atoms with Gasteiger partial charge in [-0.25, -0.2) is 88.6 Å². The molecule has 0 bridgehead atoms. The Bertz CT molecular complexity index is 1040. The number of ether oxygens (including phenoxy) is 2. The minimum atomic E-state index is -5.37. The largest absolute Gasteiger partial charge is 0.456 e. The van der Waals surface area contributed by atoms with Crippen LogP contribution in [0.3, 0.4) is 0 Å². The molecule has 0 N–H and O–H groups in total. The van der Waals surface area contributed by atoms with Gasteiger partial charge in [-0.2, -0.15) is 0 Å². The van der Waals surface area contributed by atoms with Crippen molar-refractivity contribution in [2.24, 2.45) is 0 Å². The summed E-state index contributed by atoms with van der Waals surface area (Å²) in [5, 5.41) is 0. The Morgan fingerprint density at radius 1 is 0.478 bits per heavy atom. The number of hydrogen-bond acceptors (Lipinski definition) is 4. The number of rotatable bonds is 18.